The second kappa shape index (κ2) is 19.1. The summed E-state index contributed by atoms with van der Waals surface area (Å²) in [7, 11) is 0. The molecule has 0 spiro atoms. The number of allylic oxidation sites excluding steroid dienone is 1. The fraction of sp³-hybridized carbons (Fsp3) is 0.969. The minimum Gasteiger partial charge on any atom is -0.375 e. The molecule has 0 radical (unpaired) electrons. The Morgan fingerprint density at radius 1 is 0.324 bits per heavy atom. The normalized spacial score (nSPS) is 50.1. The van der Waals surface area contributed by atoms with Crippen LogP contribution in [0.2, 0.25) is 0 Å². The zero-order valence-electron chi connectivity index (χ0n) is 48.1. The SMILES string of the molecule is C/C1=C/CCO[C@@]2(C)CCCC(C)(C)[C@@H]2CC1.CC1(C)CCC[C@@]2(C)[C@H]1CC[C@@]1(C)OCC[C@@H]21.CC1(C)CCC[C@@]2(C)[C@H]1CC[C@]1(C)OCC[C@@H]21.CC1(C)CCC[C@]2(C)[C@H]3CCO[C@]3(C)CC[C@@H]12. The molecule has 0 unspecified atom stereocenters. The van der Waals surface area contributed by atoms with E-state index < -0.39 is 0 Å². The summed E-state index contributed by atoms with van der Waals surface area (Å²) in [5.41, 5.74) is 6.04. The molecular weight excluding hydrogens is 833 g/mol. The quantitative estimate of drug-likeness (QED) is 0.227. The molecule has 68 heavy (non-hydrogen) atoms. The van der Waals surface area contributed by atoms with Crippen molar-refractivity contribution >= 4 is 0 Å². The van der Waals surface area contributed by atoms with Gasteiger partial charge in [0, 0.05) is 19.8 Å². The van der Waals surface area contributed by atoms with Gasteiger partial charge in [-0.15, -0.1) is 0 Å². The standard InChI is InChI=1S/4C16H28O/c3*1-14(2)8-5-9-15(3)12(14)6-10-16(4)13(15)7-11-17-16;1-13-7-5-12-17-16(4)11-6-10-15(2,3)14(16)9-8-13/h3*12-13H,5-11H2,1-4H3;7,14H,5-6,8-12H2,1-4H3/b;;;13-7-/t12-,13+,15-,16+;12-,13-,15-,16+;12-,13-,15-,16-;14-,16-/m0000/s1. The number of hydrogen-bond donors (Lipinski definition) is 0. The second-order valence-corrected chi connectivity index (χ2v) is 30.8. The summed E-state index contributed by atoms with van der Waals surface area (Å²) in [6.45, 7) is 43.4. The van der Waals surface area contributed by atoms with Crippen molar-refractivity contribution in [2.45, 2.75) is 287 Å². The molecule has 4 nitrogen and oxygen atoms in total. The van der Waals surface area contributed by atoms with E-state index in [-0.39, 0.29) is 22.4 Å². The first-order valence-electron chi connectivity index (χ1n) is 29.8. The molecule has 0 N–H and O–H groups in total. The van der Waals surface area contributed by atoms with Crippen LogP contribution in [0, 0.1) is 79.3 Å². The highest BCUT2D eigenvalue weighted by molar-refractivity contribution is 5.13. The molecule has 4 heteroatoms. The summed E-state index contributed by atoms with van der Waals surface area (Å²) in [6.07, 6.45) is 34.8. The molecule has 4 heterocycles. The molecule has 0 bridgehead atoms. The summed E-state index contributed by atoms with van der Waals surface area (Å²) < 4.78 is 24.7. The molecule has 7 saturated carbocycles. The van der Waals surface area contributed by atoms with Crippen LogP contribution in [-0.2, 0) is 18.9 Å². The maximum Gasteiger partial charge on any atom is 0.0688 e. The molecular formula is C64H112O4. The first-order valence-corrected chi connectivity index (χ1v) is 29.8. The maximum atomic E-state index is 6.29. The number of hydrogen-bond acceptors (Lipinski definition) is 4. The fourth-order valence-electron chi connectivity index (χ4n) is 21.5. The molecule has 0 aromatic carbocycles. The van der Waals surface area contributed by atoms with Crippen molar-refractivity contribution in [1.29, 1.82) is 0 Å². The Bertz CT molecular complexity index is 1610. The summed E-state index contributed by atoms with van der Waals surface area (Å²) in [4.78, 5) is 0. The number of ether oxygens (including phenoxy) is 4. The third kappa shape index (κ3) is 9.74. The van der Waals surface area contributed by atoms with Crippen LogP contribution in [-0.4, -0.2) is 48.8 Å². The highest BCUT2D eigenvalue weighted by atomic mass is 16.5. The van der Waals surface area contributed by atoms with Gasteiger partial charge in [-0.2, -0.15) is 0 Å². The van der Waals surface area contributed by atoms with Gasteiger partial charge in [0.15, 0.2) is 0 Å². The van der Waals surface area contributed by atoms with Gasteiger partial charge < -0.3 is 18.9 Å². The lowest BCUT2D eigenvalue weighted by molar-refractivity contribution is -0.147. The Morgan fingerprint density at radius 2 is 0.632 bits per heavy atom. The first-order chi connectivity index (χ1) is 31.6. The van der Waals surface area contributed by atoms with Crippen molar-refractivity contribution in [2.75, 3.05) is 26.4 Å². The number of fused-ring (bicyclic) bond motifs is 10. The van der Waals surface area contributed by atoms with Gasteiger partial charge in [0.25, 0.3) is 0 Å². The minimum atomic E-state index is 0.125. The Hall–Kier alpha value is -0.420. The van der Waals surface area contributed by atoms with Gasteiger partial charge in [-0.25, -0.2) is 0 Å². The van der Waals surface area contributed by atoms with Gasteiger partial charge >= 0.3 is 0 Å². The summed E-state index contributed by atoms with van der Waals surface area (Å²) in [5, 5.41) is 0. The van der Waals surface area contributed by atoms with E-state index >= 15 is 0 Å². The van der Waals surface area contributed by atoms with Gasteiger partial charge in [0.1, 0.15) is 0 Å². The van der Waals surface area contributed by atoms with Gasteiger partial charge in [-0.1, -0.05) is 113 Å². The van der Waals surface area contributed by atoms with E-state index in [0.29, 0.717) is 43.8 Å². The Kier molecular flexibility index (Phi) is 15.1. The van der Waals surface area contributed by atoms with Crippen LogP contribution in [0.15, 0.2) is 11.6 Å². The van der Waals surface area contributed by atoms with Crippen LogP contribution in [0.3, 0.4) is 0 Å². The van der Waals surface area contributed by atoms with Crippen LogP contribution >= 0.6 is 0 Å². The molecule has 0 aromatic rings. The van der Waals surface area contributed by atoms with Crippen molar-refractivity contribution in [3.63, 3.8) is 0 Å². The maximum absolute atomic E-state index is 6.29. The predicted octanol–water partition coefficient (Wildman–Crippen LogP) is 17.9. The average molecular weight is 946 g/mol. The van der Waals surface area contributed by atoms with Crippen LogP contribution < -0.4 is 0 Å². The van der Waals surface area contributed by atoms with E-state index in [1.807, 2.05) is 0 Å². The summed E-state index contributed by atoms with van der Waals surface area (Å²) in [5.74, 6) is 5.91. The van der Waals surface area contributed by atoms with Crippen LogP contribution in [0.25, 0.3) is 0 Å². The van der Waals surface area contributed by atoms with Crippen molar-refractivity contribution in [1.82, 2.24) is 0 Å². The van der Waals surface area contributed by atoms with Gasteiger partial charge in [-0.05, 0) is 242 Å². The van der Waals surface area contributed by atoms with Crippen LogP contribution in [0.4, 0.5) is 0 Å². The van der Waals surface area contributed by atoms with E-state index in [4.69, 9.17) is 18.9 Å². The lowest BCUT2D eigenvalue weighted by atomic mass is 9.45. The zero-order chi connectivity index (χ0) is 49.5. The molecule has 0 amide bonds. The van der Waals surface area contributed by atoms with E-state index in [1.54, 1.807) is 5.57 Å². The molecule has 3 saturated heterocycles. The monoisotopic (exact) mass is 945 g/mol. The first kappa shape index (κ1) is 53.9. The summed E-state index contributed by atoms with van der Waals surface area (Å²) >= 11 is 0. The largest absolute Gasteiger partial charge is 0.375 e. The van der Waals surface area contributed by atoms with Crippen molar-refractivity contribution < 1.29 is 18.9 Å². The molecule has 11 rings (SSSR count). The lowest BCUT2D eigenvalue weighted by Crippen LogP contribution is -2.55. The van der Waals surface area contributed by atoms with Crippen LogP contribution in [0.1, 0.15) is 265 Å². The van der Waals surface area contributed by atoms with Gasteiger partial charge in [0.2, 0.25) is 0 Å². The molecule has 14 atom stereocenters. The Labute approximate surface area is 421 Å². The van der Waals surface area contributed by atoms with E-state index in [9.17, 15) is 0 Å². The zero-order valence-corrected chi connectivity index (χ0v) is 48.1. The van der Waals surface area contributed by atoms with Gasteiger partial charge in [0.05, 0.1) is 29.0 Å². The van der Waals surface area contributed by atoms with Crippen LogP contribution in [0.5, 0.6) is 0 Å². The highest BCUT2D eigenvalue weighted by Crippen LogP contribution is 2.67. The predicted molar refractivity (Wildman–Crippen MR) is 286 cm³/mol. The highest BCUT2D eigenvalue weighted by Gasteiger charge is 2.63. The molecule has 4 aliphatic heterocycles. The molecule has 11 aliphatic rings. The Balaban J connectivity index is 0.000000123. The number of rotatable bonds is 0. The second-order valence-electron chi connectivity index (χ2n) is 30.8. The summed E-state index contributed by atoms with van der Waals surface area (Å²) in [6, 6.07) is 0. The van der Waals surface area contributed by atoms with Gasteiger partial charge in [-0.3, -0.25) is 0 Å². The molecule has 7 aliphatic carbocycles. The van der Waals surface area contributed by atoms with Crippen molar-refractivity contribution in [3.8, 4) is 0 Å². The molecule has 392 valence electrons. The van der Waals surface area contributed by atoms with Crippen molar-refractivity contribution in [3.05, 3.63) is 11.6 Å². The third-order valence-electron chi connectivity index (χ3n) is 24.8. The minimum absolute atomic E-state index is 0.125. The van der Waals surface area contributed by atoms with E-state index in [2.05, 4.69) is 117 Å². The smallest absolute Gasteiger partial charge is 0.0688 e. The lowest BCUT2D eigenvalue weighted by Gasteiger charge is -2.60. The van der Waals surface area contributed by atoms with E-state index in [0.717, 1.165) is 68.4 Å². The molecule has 10 fully saturated rings. The van der Waals surface area contributed by atoms with E-state index in [1.165, 1.54) is 148 Å². The molecule has 0 aromatic heterocycles. The topological polar surface area (TPSA) is 36.9 Å². The Morgan fingerprint density at radius 3 is 1.00 bits per heavy atom. The average Bonchev–Trinajstić information content (AvgIpc) is 3.97. The van der Waals surface area contributed by atoms with Crippen molar-refractivity contribution in [2.24, 2.45) is 79.3 Å². The fourth-order valence-corrected chi connectivity index (χ4v) is 21.5. The third-order valence-corrected chi connectivity index (χ3v) is 24.8.